The Balaban J connectivity index is 3.15. The minimum atomic E-state index is 0.976. The lowest BCUT2D eigenvalue weighted by Crippen LogP contribution is -2.46. The number of unbranched alkanes of at least 4 members (excludes halogenated alkanes) is 1. The van der Waals surface area contributed by atoms with Crippen molar-refractivity contribution in [1.29, 1.82) is 0 Å². The molecule has 3 nitrogen and oxygen atoms in total. The Kier molecular flexibility index (Phi) is 11.5. The van der Waals surface area contributed by atoms with Crippen LogP contribution in [0.2, 0.25) is 0 Å². The van der Waals surface area contributed by atoms with Crippen LogP contribution in [0.25, 0.3) is 0 Å². The number of rotatable bonds is 10. The molecule has 0 aliphatic carbocycles. The summed E-state index contributed by atoms with van der Waals surface area (Å²) in [6.07, 6.45) is 3.91. The first-order valence-electron chi connectivity index (χ1n) is 5.61. The minimum Gasteiger partial charge on any atom is -0.245 e. The fraction of sp³-hybridized carbons (Fsp3) is 1.00. The summed E-state index contributed by atoms with van der Waals surface area (Å²) in [6.45, 7) is 6.40. The molecule has 0 heterocycles. The summed E-state index contributed by atoms with van der Waals surface area (Å²) in [7, 11) is 1.95. The van der Waals surface area contributed by atoms with Gasteiger partial charge in [-0.15, -0.1) is 0 Å². The number of thioether (sulfide) groups is 1. The van der Waals surface area contributed by atoms with E-state index < -0.39 is 0 Å². The molecule has 0 spiro atoms. The van der Waals surface area contributed by atoms with Crippen LogP contribution >= 0.6 is 11.8 Å². The monoisotopic (exact) mass is 219 g/mol. The lowest BCUT2D eigenvalue weighted by Gasteiger charge is -2.20. The molecular weight excluding hydrogens is 194 g/mol. The summed E-state index contributed by atoms with van der Waals surface area (Å²) in [5.74, 6) is 2.58. The number of hydrogen-bond acceptors (Lipinski definition) is 4. The number of hydrazine groups is 2. The second-order valence-corrected chi connectivity index (χ2v) is 4.43. The molecule has 0 aromatic rings. The van der Waals surface area contributed by atoms with Crippen molar-refractivity contribution in [3.8, 4) is 0 Å². The zero-order chi connectivity index (χ0) is 10.6. The van der Waals surface area contributed by atoms with E-state index in [0.717, 1.165) is 13.1 Å². The molecular formula is C10H25N3S. The highest BCUT2D eigenvalue weighted by Gasteiger charge is 1.98. The van der Waals surface area contributed by atoms with Gasteiger partial charge in [0.05, 0.1) is 0 Å². The maximum absolute atomic E-state index is 3.25. The molecule has 14 heavy (non-hydrogen) atoms. The van der Waals surface area contributed by atoms with E-state index in [1.54, 1.807) is 0 Å². The summed E-state index contributed by atoms with van der Waals surface area (Å²) in [4.78, 5) is 0. The van der Waals surface area contributed by atoms with Crippen LogP contribution in [0.5, 0.6) is 0 Å². The highest BCUT2D eigenvalue weighted by atomic mass is 32.2. The fourth-order valence-electron chi connectivity index (χ4n) is 1.13. The quantitative estimate of drug-likeness (QED) is 0.433. The summed E-state index contributed by atoms with van der Waals surface area (Å²) in [5.41, 5.74) is 6.37. The Morgan fingerprint density at radius 2 is 1.86 bits per heavy atom. The second kappa shape index (κ2) is 11.3. The molecule has 0 aromatic heterocycles. The summed E-state index contributed by atoms with van der Waals surface area (Å²) in [6, 6.07) is 0. The van der Waals surface area contributed by atoms with E-state index >= 15 is 0 Å². The van der Waals surface area contributed by atoms with E-state index in [2.05, 4.69) is 41.6 Å². The van der Waals surface area contributed by atoms with Crippen LogP contribution in [0.15, 0.2) is 0 Å². The van der Waals surface area contributed by atoms with Gasteiger partial charge in [-0.1, -0.05) is 20.3 Å². The molecule has 0 saturated heterocycles. The van der Waals surface area contributed by atoms with E-state index in [-0.39, 0.29) is 0 Å². The Morgan fingerprint density at radius 3 is 2.43 bits per heavy atom. The predicted octanol–water partition coefficient (Wildman–Crippen LogP) is 1.87. The average Bonchev–Trinajstić information content (AvgIpc) is 2.21. The summed E-state index contributed by atoms with van der Waals surface area (Å²) >= 11 is 2.07. The molecule has 0 aromatic carbocycles. The van der Waals surface area contributed by atoms with Gasteiger partial charge in [0.25, 0.3) is 0 Å². The van der Waals surface area contributed by atoms with Gasteiger partial charge in [0.2, 0.25) is 0 Å². The fourth-order valence-corrected chi connectivity index (χ4v) is 2.16. The van der Waals surface area contributed by atoms with Crippen molar-refractivity contribution in [2.75, 3.05) is 31.6 Å². The van der Waals surface area contributed by atoms with Crippen molar-refractivity contribution < 1.29 is 0 Å². The van der Waals surface area contributed by atoms with Crippen molar-refractivity contribution in [1.82, 2.24) is 16.0 Å². The molecule has 0 bridgehead atoms. The van der Waals surface area contributed by atoms with E-state index in [1.807, 2.05) is 7.05 Å². The van der Waals surface area contributed by atoms with Crippen LogP contribution in [-0.4, -0.2) is 36.8 Å². The molecule has 0 fully saturated rings. The predicted molar refractivity (Wildman–Crippen MR) is 66.3 cm³/mol. The Bertz CT molecular complexity index is 112. The van der Waals surface area contributed by atoms with Gasteiger partial charge in [-0.25, -0.2) is 10.9 Å². The largest absolute Gasteiger partial charge is 0.245 e. The Morgan fingerprint density at radius 1 is 1.14 bits per heavy atom. The van der Waals surface area contributed by atoms with Gasteiger partial charge < -0.3 is 0 Å². The standard InChI is InChI=1S/C10H25N3S/c1-4-6-9-14-10-7-8-13(11-3)12-5-2/h11-12H,4-10H2,1-3H3. The van der Waals surface area contributed by atoms with Crippen LogP contribution in [0, 0.1) is 0 Å². The molecule has 86 valence electrons. The number of hydrogen-bond donors (Lipinski definition) is 2. The normalized spacial score (nSPS) is 11.1. The SMILES string of the molecule is CCCCSCCCN(NC)NCC. The zero-order valence-electron chi connectivity index (χ0n) is 9.81. The molecule has 0 atom stereocenters. The van der Waals surface area contributed by atoms with E-state index in [4.69, 9.17) is 0 Å². The third kappa shape index (κ3) is 8.81. The third-order valence-electron chi connectivity index (χ3n) is 1.93. The average molecular weight is 219 g/mol. The maximum atomic E-state index is 3.25. The topological polar surface area (TPSA) is 27.3 Å². The van der Waals surface area contributed by atoms with Crippen LogP contribution in [-0.2, 0) is 0 Å². The van der Waals surface area contributed by atoms with E-state index in [0.29, 0.717) is 0 Å². The summed E-state index contributed by atoms with van der Waals surface area (Å²) < 4.78 is 0. The second-order valence-electron chi connectivity index (χ2n) is 3.21. The van der Waals surface area contributed by atoms with Gasteiger partial charge in [0, 0.05) is 20.1 Å². The van der Waals surface area contributed by atoms with Gasteiger partial charge in [-0.2, -0.15) is 16.9 Å². The first-order chi connectivity index (χ1) is 6.85. The summed E-state index contributed by atoms with van der Waals surface area (Å²) in [5, 5.41) is 2.06. The van der Waals surface area contributed by atoms with Crippen molar-refractivity contribution in [2.45, 2.75) is 33.1 Å². The highest BCUT2D eigenvalue weighted by Crippen LogP contribution is 2.05. The first-order valence-corrected chi connectivity index (χ1v) is 6.76. The maximum Gasteiger partial charge on any atom is 0.0295 e. The van der Waals surface area contributed by atoms with Crippen molar-refractivity contribution in [3.05, 3.63) is 0 Å². The molecule has 0 amide bonds. The van der Waals surface area contributed by atoms with Crippen molar-refractivity contribution in [2.24, 2.45) is 0 Å². The number of nitrogens with one attached hydrogen (secondary N) is 2. The van der Waals surface area contributed by atoms with Gasteiger partial charge in [0.15, 0.2) is 0 Å². The van der Waals surface area contributed by atoms with Gasteiger partial charge in [-0.05, 0) is 24.3 Å². The molecule has 0 aliphatic rings. The Labute approximate surface area is 92.9 Å². The van der Waals surface area contributed by atoms with Gasteiger partial charge >= 0.3 is 0 Å². The van der Waals surface area contributed by atoms with Crippen molar-refractivity contribution in [3.63, 3.8) is 0 Å². The molecule has 4 heteroatoms. The lowest BCUT2D eigenvalue weighted by molar-refractivity contribution is 0.133. The van der Waals surface area contributed by atoms with Gasteiger partial charge in [0.1, 0.15) is 0 Å². The molecule has 0 unspecified atom stereocenters. The zero-order valence-corrected chi connectivity index (χ0v) is 10.6. The van der Waals surface area contributed by atoms with Crippen LogP contribution in [0.1, 0.15) is 33.1 Å². The lowest BCUT2D eigenvalue weighted by atomic mass is 10.4. The third-order valence-corrected chi connectivity index (χ3v) is 3.09. The number of nitrogens with zero attached hydrogens (tertiary/aromatic N) is 1. The van der Waals surface area contributed by atoms with Gasteiger partial charge in [-0.3, -0.25) is 0 Å². The Hall–Kier alpha value is 0.230. The molecule has 0 radical (unpaired) electrons. The smallest absolute Gasteiger partial charge is 0.0295 e. The van der Waals surface area contributed by atoms with Crippen LogP contribution < -0.4 is 10.9 Å². The van der Waals surface area contributed by atoms with Crippen LogP contribution in [0.3, 0.4) is 0 Å². The minimum absolute atomic E-state index is 0.976. The first kappa shape index (κ1) is 14.2. The molecule has 0 saturated carbocycles. The molecule has 0 rings (SSSR count). The van der Waals surface area contributed by atoms with Crippen molar-refractivity contribution >= 4 is 11.8 Å². The van der Waals surface area contributed by atoms with E-state index in [9.17, 15) is 0 Å². The molecule has 0 aliphatic heterocycles. The molecule has 2 N–H and O–H groups in total. The van der Waals surface area contributed by atoms with E-state index in [1.165, 1.54) is 30.8 Å². The highest BCUT2D eigenvalue weighted by molar-refractivity contribution is 7.99. The van der Waals surface area contributed by atoms with Crippen LogP contribution in [0.4, 0.5) is 0 Å².